The third kappa shape index (κ3) is 2.37. The highest BCUT2D eigenvalue weighted by Crippen LogP contribution is 2.32. The van der Waals surface area contributed by atoms with Crippen molar-refractivity contribution < 1.29 is 15.1 Å². The molecule has 4 rings (SSSR count). The first-order chi connectivity index (χ1) is 10.7. The average Bonchev–Trinajstić information content (AvgIpc) is 2.56. The van der Waals surface area contributed by atoms with E-state index in [0.717, 1.165) is 27.1 Å². The summed E-state index contributed by atoms with van der Waals surface area (Å²) in [6, 6.07) is 18.1. The van der Waals surface area contributed by atoms with E-state index in [9.17, 15) is 9.59 Å². The fraction of sp³-hybridized carbons (Fsp3) is 0. The molecule has 0 saturated heterocycles. The molecule has 0 heterocycles. The summed E-state index contributed by atoms with van der Waals surface area (Å²) < 4.78 is 0. The normalized spacial score (nSPS) is 14.0. The molecule has 0 amide bonds. The van der Waals surface area contributed by atoms with Crippen LogP contribution in [0.25, 0.3) is 27.1 Å². The van der Waals surface area contributed by atoms with Crippen molar-refractivity contribution in [1.29, 1.82) is 0 Å². The second-order valence-corrected chi connectivity index (χ2v) is 5.35. The highest BCUT2D eigenvalue weighted by molar-refractivity contribution is 6.35. The molecule has 0 bridgehead atoms. The summed E-state index contributed by atoms with van der Waals surface area (Å²) in [6.07, 6.45) is 4.08. The second kappa shape index (κ2) is 5.63. The van der Waals surface area contributed by atoms with Gasteiger partial charge in [0.05, 0.1) is 0 Å². The minimum absolute atomic E-state index is 0. The summed E-state index contributed by atoms with van der Waals surface area (Å²) in [5, 5.41) is 4.38. The Hall–Kier alpha value is -3.04. The van der Waals surface area contributed by atoms with Gasteiger partial charge in [-0.15, -0.1) is 0 Å². The largest absolute Gasteiger partial charge is 0.412 e. The van der Waals surface area contributed by atoms with Crippen molar-refractivity contribution in [2.24, 2.45) is 0 Å². The Bertz CT molecular complexity index is 1010. The molecule has 0 atom stereocenters. The summed E-state index contributed by atoms with van der Waals surface area (Å²) in [7, 11) is 0. The SMILES string of the molecule is O.O=C1C=CC(=O)C(c2cccc3c2ccc2ccccc23)=C1. The van der Waals surface area contributed by atoms with Gasteiger partial charge >= 0.3 is 0 Å². The van der Waals surface area contributed by atoms with Crippen LogP contribution in [0.4, 0.5) is 0 Å². The van der Waals surface area contributed by atoms with E-state index >= 15 is 0 Å². The maximum atomic E-state index is 12.1. The molecule has 0 aliphatic heterocycles. The minimum Gasteiger partial charge on any atom is -0.412 e. The number of rotatable bonds is 1. The zero-order chi connectivity index (χ0) is 15.1. The molecule has 2 N–H and O–H groups in total. The fourth-order valence-electron chi connectivity index (χ4n) is 2.99. The van der Waals surface area contributed by atoms with Crippen molar-refractivity contribution >= 4 is 38.7 Å². The van der Waals surface area contributed by atoms with E-state index in [4.69, 9.17) is 0 Å². The standard InChI is InChI=1S/C20H12O2.H2O/c21-14-9-11-20(22)19(12-14)17-7-3-6-16-15-5-2-1-4-13(15)8-10-18(16)17;/h1-12H;1H2. The molecule has 3 nitrogen and oxygen atoms in total. The van der Waals surface area contributed by atoms with Gasteiger partial charge in [-0.25, -0.2) is 0 Å². The molecule has 23 heavy (non-hydrogen) atoms. The lowest BCUT2D eigenvalue weighted by Crippen LogP contribution is -2.07. The van der Waals surface area contributed by atoms with E-state index in [1.54, 1.807) is 0 Å². The van der Waals surface area contributed by atoms with E-state index < -0.39 is 0 Å². The third-order valence-electron chi connectivity index (χ3n) is 4.03. The molecule has 0 unspecified atom stereocenters. The predicted octanol–water partition coefficient (Wildman–Crippen LogP) is 3.26. The Morgan fingerprint density at radius 1 is 0.652 bits per heavy atom. The van der Waals surface area contributed by atoms with E-state index in [1.807, 2.05) is 42.5 Å². The molecule has 0 radical (unpaired) electrons. The van der Waals surface area contributed by atoms with Crippen LogP contribution >= 0.6 is 0 Å². The Kier molecular flexibility index (Phi) is 3.64. The Morgan fingerprint density at radius 2 is 1.43 bits per heavy atom. The van der Waals surface area contributed by atoms with Crippen LogP contribution in [0.1, 0.15) is 5.56 Å². The van der Waals surface area contributed by atoms with Gasteiger partial charge in [0.1, 0.15) is 0 Å². The zero-order valence-corrected chi connectivity index (χ0v) is 12.2. The quantitative estimate of drug-likeness (QED) is 0.511. The first kappa shape index (κ1) is 14.9. The van der Waals surface area contributed by atoms with Gasteiger partial charge in [-0.1, -0.05) is 54.6 Å². The van der Waals surface area contributed by atoms with Crippen LogP contribution in [0.2, 0.25) is 0 Å². The van der Waals surface area contributed by atoms with Gasteiger partial charge in [0.2, 0.25) is 0 Å². The number of hydrogen-bond donors (Lipinski definition) is 0. The lowest BCUT2D eigenvalue weighted by atomic mass is 9.90. The summed E-state index contributed by atoms with van der Waals surface area (Å²) in [5.41, 5.74) is 1.28. The van der Waals surface area contributed by atoms with Crippen LogP contribution in [0.5, 0.6) is 0 Å². The van der Waals surface area contributed by atoms with Crippen LogP contribution in [0, 0.1) is 0 Å². The number of hydrogen-bond acceptors (Lipinski definition) is 2. The highest BCUT2D eigenvalue weighted by Gasteiger charge is 2.17. The Balaban J connectivity index is 0.00000156. The highest BCUT2D eigenvalue weighted by atomic mass is 16.1. The van der Waals surface area contributed by atoms with Crippen LogP contribution in [0.15, 0.2) is 72.8 Å². The topological polar surface area (TPSA) is 65.6 Å². The van der Waals surface area contributed by atoms with Gasteiger partial charge in [-0.3, -0.25) is 9.59 Å². The predicted molar refractivity (Wildman–Crippen MR) is 92.2 cm³/mol. The molecule has 3 aromatic rings. The van der Waals surface area contributed by atoms with Crippen LogP contribution in [0.3, 0.4) is 0 Å². The molecule has 112 valence electrons. The molecule has 1 aliphatic rings. The van der Waals surface area contributed by atoms with Crippen LogP contribution < -0.4 is 0 Å². The number of carbonyl (C=O) groups excluding carboxylic acids is 2. The first-order valence-corrected chi connectivity index (χ1v) is 7.13. The number of benzene rings is 3. The number of carbonyl (C=O) groups is 2. The lowest BCUT2D eigenvalue weighted by molar-refractivity contribution is -0.113. The van der Waals surface area contributed by atoms with Crippen molar-refractivity contribution in [3.05, 3.63) is 78.4 Å². The molecule has 0 saturated carbocycles. The van der Waals surface area contributed by atoms with Gasteiger partial charge in [0.15, 0.2) is 11.6 Å². The monoisotopic (exact) mass is 302 g/mol. The van der Waals surface area contributed by atoms with Crippen LogP contribution in [-0.4, -0.2) is 17.0 Å². The maximum absolute atomic E-state index is 12.1. The van der Waals surface area contributed by atoms with E-state index in [2.05, 4.69) is 12.1 Å². The van der Waals surface area contributed by atoms with Gasteiger partial charge in [0.25, 0.3) is 0 Å². The second-order valence-electron chi connectivity index (χ2n) is 5.35. The summed E-state index contributed by atoms with van der Waals surface area (Å²) in [4.78, 5) is 23.8. The average molecular weight is 302 g/mol. The Morgan fingerprint density at radius 3 is 2.30 bits per heavy atom. The van der Waals surface area contributed by atoms with E-state index in [0.29, 0.717) is 5.57 Å². The van der Waals surface area contributed by atoms with Crippen molar-refractivity contribution in [3.8, 4) is 0 Å². The van der Waals surface area contributed by atoms with Gasteiger partial charge in [-0.2, -0.15) is 0 Å². The molecule has 0 aromatic heterocycles. The first-order valence-electron chi connectivity index (χ1n) is 7.13. The Labute approximate surface area is 132 Å². The van der Waals surface area contributed by atoms with E-state index in [-0.39, 0.29) is 17.0 Å². The van der Waals surface area contributed by atoms with Crippen molar-refractivity contribution in [1.82, 2.24) is 0 Å². The smallest absolute Gasteiger partial charge is 0.186 e. The molecule has 0 fully saturated rings. The summed E-state index contributed by atoms with van der Waals surface area (Å²) >= 11 is 0. The van der Waals surface area contributed by atoms with Crippen molar-refractivity contribution in [2.75, 3.05) is 0 Å². The molecule has 3 heteroatoms. The lowest BCUT2D eigenvalue weighted by Gasteiger charge is -2.12. The summed E-state index contributed by atoms with van der Waals surface area (Å²) in [6.45, 7) is 0. The van der Waals surface area contributed by atoms with Crippen molar-refractivity contribution in [2.45, 2.75) is 0 Å². The van der Waals surface area contributed by atoms with Gasteiger partial charge in [0, 0.05) is 5.57 Å². The van der Waals surface area contributed by atoms with Crippen molar-refractivity contribution in [3.63, 3.8) is 0 Å². The molecule has 1 aliphatic carbocycles. The van der Waals surface area contributed by atoms with Gasteiger partial charge in [-0.05, 0) is 45.3 Å². The van der Waals surface area contributed by atoms with E-state index in [1.165, 1.54) is 18.2 Å². The number of allylic oxidation sites excluding steroid dienone is 4. The molecular weight excluding hydrogens is 288 g/mol. The summed E-state index contributed by atoms with van der Waals surface area (Å²) in [5.74, 6) is -0.271. The molecule has 3 aromatic carbocycles. The molecular formula is C20H14O3. The third-order valence-corrected chi connectivity index (χ3v) is 4.03. The van der Waals surface area contributed by atoms with Gasteiger partial charge < -0.3 is 5.48 Å². The minimum atomic E-state index is -0.146. The zero-order valence-electron chi connectivity index (χ0n) is 12.2. The fourth-order valence-corrected chi connectivity index (χ4v) is 2.99. The number of fused-ring (bicyclic) bond motifs is 3. The molecule has 0 spiro atoms. The number of ketones is 2. The van der Waals surface area contributed by atoms with Crippen LogP contribution in [-0.2, 0) is 9.59 Å². The maximum Gasteiger partial charge on any atom is 0.186 e.